The average molecular weight is 971 g/mol. The molecule has 2 aliphatic rings. The van der Waals surface area contributed by atoms with Crippen LogP contribution in [0, 0.1) is 30.6 Å². The van der Waals surface area contributed by atoms with E-state index >= 15 is 0 Å². The van der Waals surface area contributed by atoms with Gasteiger partial charge in [-0.05, 0) is 65.5 Å². The fourth-order valence-corrected chi connectivity index (χ4v) is 10.4. The summed E-state index contributed by atoms with van der Waals surface area (Å²) in [4.78, 5) is 90.2. The Morgan fingerprint density at radius 2 is 1.18 bits per heavy atom. The average Bonchev–Trinajstić information content (AvgIpc) is 3.96. The summed E-state index contributed by atoms with van der Waals surface area (Å²) in [5.74, 6) is 14.0. The molecule has 2 fully saturated rings. The first kappa shape index (κ1) is 47.7. The van der Waals surface area contributed by atoms with Crippen LogP contribution >= 0.6 is 0 Å². The fraction of sp³-hybridized carbons (Fsp3) is 0.423. The van der Waals surface area contributed by atoms with Crippen molar-refractivity contribution in [2.75, 3.05) is 36.0 Å². The standard InChI is InChI=1S/C52H58N16O4/c1-7-9-25-65-43-45(59-49(65)63-23-15-17-34(53)28-63)61(5)52(72)68(48(43)70)31-42-57-39-22-14-12-20-37(39)40(58-42)27-32(3)54-35-18-16-24-64(29-35)50-60-46-44(66(50)26-10-8-2)47(69)67(51(71)62(46)6)30-41-55-33(4)36-19-11-13-21-38(36)56-41/h11-14,19-22,32,34-35,54H,15-18,23-31,53H2,1-6H3/t32?,34-,35?/m1/s1. The van der Waals surface area contributed by atoms with Gasteiger partial charge in [0, 0.05) is 81.3 Å². The first-order valence-corrected chi connectivity index (χ1v) is 24.5. The van der Waals surface area contributed by atoms with Crippen LogP contribution < -0.4 is 43.3 Å². The Bertz CT molecular complexity index is 3820. The zero-order chi connectivity index (χ0) is 50.4. The van der Waals surface area contributed by atoms with Crippen LogP contribution in [0.5, 0.6) is 0 Å². The lowest BCUT2D eigenvalue weighted by Gasteiger charge is -2.35. The Balaban J connectivity index is 0.923. The quantitative estimate of drug-likeness (QED) is 0.168. The largest absolute Gasteiger partial charge is 0.341 e. The third-order valence-corrected chi connectivity index (χ3v) is 13.9. The maximum Gasteiger partial charge on any atom is 0.332 e. The molecule has 0 bridgehead atoms. The Hall–Kier alpha value is -7.94. The minimum absolute atomic E-state index is 0.0294. The number of aromatic nitrogens is 12. The second kappa shape index (κ2) is 19.7. The van der Waals surface area contributed by atoms with E-state index in [1.807, 2.05) is 60.0 Å². The highest BCUT2D eigenvalue weighted by atomic mass is 16.2. The van der Waals surface area contributed by atoms with Crippen molar-refractivity contribution in [3.05, 3.63) is 113 Å². The van der Waals surface area contributed by atoms with E-state index in [1.54, 1.807) is 32.5 Å². The lowest BCUT2D eigenvalue weighted by molar-refractivity contribution is 0.378. The van der Waals surface area contributed by atoms with Gasteiger partial charge in [-0.1, -0.05) is 48.2 Å². The molecule has 6 aromatic heterocycles. The van der Waals surface area contributed by atoms with Gasteiger partial charge in [0.25, 0.3) is 11.1 Å². The van der Waals surface area contributed by atoms with E-state index in [4.69, 9.17) is 30.7 Å². The number of rotatable bonds is 12. The number of hydrogen-bond acceptors (Lipinski definition) is 14. The molecule has 0 radical (unpaired) electrons. The summed E-state index contributed by atoms with van der Waals surface area (Å²) in [7, 11) is 3.25. The third kappa shape index (κ3) is 8.81. The molecule has 20 nitrogen and oxygen atoms in total. The van der Waals surface area contributed by atoms with E-state index in [0.717, 1.165) is 59.9 Å². The van der Waals surface area contributed by atoms with Gasteiger partial charge in [-0.15, -0.1) is 11.8 Å². The number of benzene rings is 2. The molecule has 2 saturated heterocycles. The molecule has 0 amide bonds. The van der Waals surface area contributed by atoms with E-state index in [1.165, 1.54) is 18.3 Å². The van der Waals surface area contributed by atoms with E-state index in [9.17, 15) is 19.2 Å². The van der Waals surface area contributed by atoms with Gasteiger partial charge in [-0.3, -0.25) is 37.0 Å². The van der Waals surface area contributed by atoms with Crippen molar-refractivity contribution in [3.8, 4) is 23.7 Å². The minimum atomic E-state index is -0.523. The number of hydrogen-bond donors (Lipinski definition) is 2. The van der Waals surface area contributed by atoms with Crippen LogP contribution in [0.4, 0.5) is 11.9 Å². The summed E-state index contributed by atoms with van der Waals surface area (Å²) in [6, 6.07) is 15.4. The van der Waals surface area contributed by atoms with Gasteiger partial charge < -0.3 is 20.9 Å². The molecule has 10 rings (SSSR count). The molecule has 20 heteroatoms. The van der Waals surface area contributed by atoms with Gasteiger partial charge in [0.05, 0.1) is 42.9 Å². The van der Waals surface area contributed by atoms with Gasteiger partial charge in [-0.2, -0.15) is 9.97 Å². The number of para-hydroxylation sites is 2. The van der Waals surface area contributed by atoms with Crippen LogP contribution in [0.25, 0.3) is 44.1 Å². The molecule has 2 aliphatic heterocycles. The van der Waals surface area contributed by atoms with Crippen LogP contribution in [-0.2, 0) is 46.7 Å². The number of aryl methyl sites for hydroxylation is 3. The van der Waals surface area contributed by atoms with Crippen molar-refractivity contribution in [1.82, 2.24) is 62.6 Å². The number of nitrogens with two attached hydrogens (primary N) is 1. The van der Waals surface area contributed by atoms with Crippen molar-refractivity contribution >= 4 is 56.0 Å². The molecule has 3 N–H and O–H groups in total. The van der Waals surface area contributed by atoms with E-state index in [0.29, 0.717) is 55.1 Å². The molecule has 0 aliphatic carbocycles. The number of anilines is 2. The number of nitrogens with one attached hydrogen (secondary N) is 1. The van der Waals surface area contributed by atoms with Crippen molar-refractivity contribution in [3.63, 3.8) is 0 Å². The second-order valence-electron chi connectivity index (χ2n) is 18.9. The Kier molecular flexibility index (Phi) is 13.1. The highest BCUT2D eigenvalue weighted by molar-refractivity contribution is 5.82. The molecule has 2 aromatic carbocycles. The third-order valence-electron chi connectivity index (χ3n) is 13.9. The molecule has 72 heavy (non-hydrogen) atoms. The Labute approximate surface area is 414 Å². The Morgan fingerprint density at radius 1 is 0.667 bits per heavy atom. The van der Waals surface area contributed by atoms with Crippen LogP contribution in [0.2, 0.25) is 0 Å². The molecular weight excluding hydrogens is 913 g/mol. The molecule has 370 valence electrons. The maximum absolute atomic E-state index is 14.5. The normalized spacial score (nSPS) is 16.6. The number of fused-ring (bicyclic) bond motifs is 4. The highest BCUT2D eigenvalue weighted by Crippen LogP contribution is 2.26. The highest BCUT2D eigenvalue weighted by Gasteiger charge is 2.30. The molecule has 0 spiro atoms. The monoisotopic (exact) mass is 970 g/mol. The van der Waals surface area contributed by atoms with Crippen molar-refractivity contribution < 1.29 is 0 Å². The lowest BCUT2D eigenvalue weighted by Crippen LogP contribution is -2.49. The molecular formula is C52H58N16O4. The molecule has 8 heterocycles. The summed E-state index contributed by atoms with van der Waals surface area (Å²) in [5.41, 5.74) is 8.46. The first-order chi connectivity index (χ1) is 34.8. The van der Waals surface area contributed by atoms with Crippen molar-refractivity contribution in [2.45, 2.75) is 104 Å². The van der Waals surface area contributed by atoms with Gasteiger partial charge in [-0.25, -0.2) is 29.5 Å². The number of nitrogens with zero attached hydrogens (tertiary/aromatic N) is 14. The molecule has 8 aromatic rings. The molecule has 2 unspecified atom stereocenters. The molecule has 0 saturated carbocycles. The van der Waals surface area contributed by atoms with Crippen LogP contribution in [0.1, 0.15) is 69.5 Å². The van der Waals surface area contributed by atoms with Crippen LogP contribution in [0.15, 0.2) is 67.7 Å². The smallest absolute Gasteiger partial charge is 0.332 e. The van der Waals surface area contributed by atoms with Gasteiger partial charge >= 0.3 is 11.4 Å². The summed E-state index contributed by atoms with van der Waals surface area (Å²) in [6.07, 6.45) is 4.06. The van der Waals surface area contributed by atoms with E-state index in [-0.39, 0.29) is 66.6 Å². The Morgan fingerprint density at radius 3 is 1.75 bits per heavy atom. The van der Waals surface area contributed by atoms with Crippen molar-refractivity contribution in [1.29, 1.82) is 0 Å². The first-order valence-electron chi connectivity index (χ1n) is 24.5. The van der Waals surface area contributed by atoms with Crippen molar-refractivity contribution in [2.24, 2.45) is 19.8 Å². The fourth-order valence-electron chi connectivity index (χ4n) is 10.4. The predicted octanol–water partition coefficient (Wildman–Crippen LogP) is 2.56. The SMILES string of the molecule is CC#CCn1c(N2CCCC(NC(C)Cc3nc(Cn4c(=O)c5c(nc(N6CCC[C@@H](N)C6)n5CC#CC)n(C)c4=O)nc4ccccc34)C2)nc2c1c(=O)n(Cc1nc(C)c3ccccc3n1)c(=O)n2C. The van der Waals surface area contributed by atoms with Gasteiger partial charge in [0.2, 0.25) is 11.9 Å². The molecule has 3 atom stereocenters. The van der Waals surface area contributed by atoms with E-state index < -0.39 is 22.5 Å². The van der Waals surface area contributed by atoms with E-state index in [2.05, 4.69) is 50.7 Å². The minimum Gasteiger partial charge on any atom is -0.341 e. The summed E-state index contributed by atoms with van der Waals surface area (Å²) in [5, 5.41) is 5.62. The maximum atomic E-state index is 14.5. The summed E-state index contributed by atoms with van der Waals surface area (Å²) >= 11 is 0. The number of piperidine rings is 2. The topological polar surface area (TPSA) is 220 Å². The zero-order valence-corrected chi connectivity index (χ0v) is 41.5. The van der Waals surface area contributed by atoms with Gasteiger partial charge in [0.15, 0.2) is 22.3 Å². The van der Waals surface area contributed by atoms with Crippen LogP contribution in [0.3, 0.4) is 0 Å². The van der Waals surface area contributed by atoms with Gasteiger partial charge in [0.1, 0.15) is 11.6 Å². The lowest BCUT2D eigenvalue weighted by atomic mass is 10.0. The summed E-state index contributed by atoms with van der Waals surface area (Å²) < 4.78 is 8.81. The number of imidazole rings is 2. The van der Waals surface area contributed by atoms with Crippen LogP contribution in [-0.4, -0.2) is 102 Å². The predicted molar refractivity (Wildman–Crippen MR) is 278 cm³/mol. The zero-order valence-electron chi connectivity index (χ0n) is 41.5. The summed E-state index contributed by atoms with van der Waals surface area (Å²) in [6.45, 7) is 10.3. The second-order valence-corrected chi connectivity index (χ2v) is 18.9.